The maximum atomic E-state index is 6.23. The molecule has 2 nitrogen and oxygen atoms in total. The minimum atomic E-state index is 0.408. The van der Waals surface area contributed by atoms with Crippen LogP contribution >= 0.6 is 38.9 Å². The lowest BCUT2D eigenvalue weighted by Gasteiger charge is -2.10. The number of thiazole rings is 1. The zero-order valence-corrected chi connectivity index (χ0v) is 15.0. The van der Waals surface area contributed by atoms with Gasteiger partial charge in [0, 0.05) is 15.4 Å². The highest BCUT2D eigenvalue weighted by molar-refractivity contribution is 9.10. The third-order valence-electron chi connectivity index (χ3n) is 3.13. The van der Waals surface area contributed by atoms with Crippen LogP contribution in [-0.4, -0.2) is 4.98 Å². The Kier molecular flexibility index (Phi) is 4.81. The van der Waals surface area contributed by atoms with Crippen LogP contribution in [0.4, 0.5) is 0 Å². The molecule has 22 heavy (non-hydrogen) atoms. The summed E-state index contributed by atoms with van der Waals surface area (Å²) >= 11 is 11.3. The van der Waals surface area contributed by atoms with E-state index in [-0.39, 0.29) is 0 Å². The van der Waals surface area contributed by atoms with Crippen molar-refractivity contribution < 1.29 is 4.74 Å². The van der Waals surface area contributed by atoms with Gasteiger partial charge in [-0.15, -0.1) is 11.3 Å². The van der Waals surface area contributed by atoms with Crippen molar-refractivity contribution >= 4 is 38.9 Å². The normalized spacial score (nSPS) is 10.7. The van der Waals surface area contributed by atoms with Crippen molar-refractivity contribution in [1.82, 2.24) is 4.98 Å². The number of rotatable bonds is 4. The lowest BCUT2D eigenvalue weighted by molar-refractivity contribution is 0.300. The Balaban J connectivity index is 1.74. The molecule has 0 unspecified atom stereocenters. The fraction of sp³-hybridized carbons (Fsp3) is 0.118. The molecule has 112 valence electrons. The van der Waals surface area contributed by atoms with Crippen LogP contribution in [0, 0.1) is 6.92 Å². The Morgan fingerprint density at radius 1 is 1.23 bits per heavy atom. The monoisotopic (exact) mass is 393 g/mol. The molecule has 5 heteroatoms. The molecule has 0 saturated carbocycles. The van der Waals surface area contributed by atoms with Gasteiger partial charge in [0.25, 0.3) is 0 Å². The summed E-state index contributed by atoms with van der Waals surface area (Å²) in [4.78, 5) is 4.61. The van der Waals surface area contributed by atoms with Crippen molar-refractivity contribution in [2.75, 3.05) is 0 Å². The van der Waals surface area contributed by atoms with E-state index in [1.165, 1.54) is 0 Å². The summed E-state index contributed by atoms with van der Waals surface area (Å²) in [6, 6.07) is 13.9. The third kappa shape index (κ3) is 3.51. The van der Waals surface area contributed by atoms with E-state index in [0.717, 1.165) is 26.3 Å². The van der Waals surface area contributed by atoms with Crippen LogP contribution in [0.1, 0.15) is 11.3 Å². The number of benzene rings is 2. The Morgan fingerprint density at radius 2 is 2.00 bits per heavy atom. The highest BCUT2D eigenvalue weighted by Gasteiger charge is 2.09. The van der Waals surface area contributed by atoms with Crippen LogP contribution in [0.2, 0.25) is 5.02 Å². The van der Waals surface area contributed by atoms with Gasteiger partial charge in [-0.1, -0.05) is 57.9 Å². The molecule has 0 aliphatic carbocycles. The lowest BCUT2D eigenvalue weighted by Crippen LogP contribution is -1.98. The molecule has 3 aromatic rings. The number of aromatic nitrogens is 1. The summed E-state index contributed by atoms with van der Waals surface area (Å²) in [5, 5.41) is 3.62. The lowest BCUT2D eigenvalue weighted by atomic mass is 10.2. The van der Waals surface area contributed by atoms with Crippen molar-refractivity contribution in [2.45, 2.75) is 13.5 Å². The number of hydrogen-bond donors (Lipinski definition) is 0. The summed E-state index contributed by atoms with van der Waals surface area (Å²) in [5.41, 5.74) is 3.02. The zero-order chi connectivity index (χ0) is 15.5. The topological polar surface area (TPSA) is 22.1 Å². The molecule has 0 amide bonds. The zero-order valence-electron chi connectivity index (χ0n) is 11.8. The minimum absolute atomic E-state index is 0.408. The second-order valence-electron chi connectivity index (χ2n) is 4.83. The van der Waals surface area contributed by atoms with Gasteiger partial charge in [-0.2, -0.15) is 0 Å². The van der Waals surface area contributed by atoms with E-state index in [2.05, 4.69) is 33.0 Å². The first-order valence-electron chi connectivity index (χ1n) is 6.72. The number of ether oxygens (including phenoxy) is 1. The van der Waals surface area contributed by atoms with Gasteiger partial charge in [-0.25, -0.2) is 4.98 Å². The van der Waals surface area contributed by atoms with Gasteiger partial charge in [-0.05, 0) is 24.6 Å². The second kappa shape index (κ2) is 6.82. The number of aryl methyl sites for hydroxylation is 1. The highest BCUT2D eigenvalue weighted by atomic mass is 79.9. The number of halogens is 2. The average Bonchev–Trinajstić information content (AvgIpc) is 2.96. The van der Waals surface area contributed by atoms with Crippen molar-refractivity contribution in [2.24, 2.45) is 0 Å². The predicted molar refractivity (Wildman–Crippen MR) is 95.8 cm³/mol. The van der Waals surface area contributed by atoms with Gasteiger partial charge in [0.15, 0.2) is 0 Å². The molecule has 0 fully saturated rings. The summed E-state index contributed by atoms with van der Waals surface area (Å²) in [7, 11) is 0. The standard InChI is InChI=1S/C17H13BrClNOS/c1-11-7-13(18)8-15(19)16(11)21-9-14-10-22-17(20-14)12-5-3-2-4-6-12/h2-8,10H,9H2,1H3. The quantitative estimate of drug-likeness (QED) is 0.532. The molecule has 3 rings (SSSR count). The summed E-state index contributed by atoms with van der Waals surface area (Å²) < 4.78 is 6.80. The minimum Gasteiger partial charge on any atom is -0.485 e. The molecule has 0 atom stereocenters. The van der Waals surface area contributed by atoms with Gasteiger partial charge in [0.1, 0.15) is 17.4 Å². The van der Waals surface area contributed by atoms with Crippen molar-refractivity contribution in [3.05, 3.63) is 68.6 Å². The van der Waals surface area contributed by atoms with Crippen LogP contribution in [0.3, 0.4) is 0 Å². The SMILES string of the molecule is Cc1cc(Br)cc(Cl)c1OCc1csc(-c2ccccc2)n1. The summed E-state index contributed by atoms with van der Waals surface area (Å²) in [5.74, 6) is 0.708. The van der Waals surface area contributed by atoms with Crippen LogP contribution < -0.4 is 4.74 Å². The van der Waals surface area contributed by atoms with Crippen LogP contribution in [0.25, 0.3) is 10.6 Å². The largest absolute Gasteiger partial charge is 0.485 e. The maximum Gasteiger partial charge on any atom is 0.141 e. The van der Waals surface area contributed by atoms with Gasteiger partial charge < -0.3 is 4.74 Å². The van der Waals surface area contributed by atoms with E-state index in [9.17, 15) is 0 Å². The fourth-order valence-corrected chi connectivity index (χ4v) is 3.94. The van der Waals surface area contributed by atoms with E-state index in [0.29, 0.717) is 17.4 Å². The van der Waals surface area contributed by atoms with Gasteiger partial charge in [0.05, 0.1) is 10.7 Å². The van der Waals surface area contributed by atoms with E-state index < -0.39 is 0 Å². The molecule has 0 spiro atoms. The van der Waals surface area contributed by atoms with Gasteiger partial charge in [0.2, 0.25) is 0 Å². The van der Waals surface area contributed by atoms with Crippen molar-refractivity contribution in [1.29, 1.82) is 0 Å². The maximum absolute atomic E-state index is 6.23. The average molecular weight is 395 g/mol. The number of nitrogens with zero attached hydrogens (tertiary/aromatic N) is 1. The fourth-order valence-electron chi connectivity index (χ4n) is 2.10. The Bertz CT molecular complexity index is 765. The first-order chi connectivity index (χ1) is 10.6. The van der Waals surface area contributed by atoms with Crippen LogP contribution in [-0.2, 0) is 6.61 Å². The van der Waals surface area contributed by atoms with Crippen LogP contribution in [0.5, 0.6) is 5.75 Å². The van der Waals surface area contributed by atoms with Gasteiger partial charge in [-0.3, -0.25) is 0 Å². The molecule has 0 N–H and O–H groups in total. The molecular weight excluding hydrogens is 382 g/mol. The molecule has 1 heterocycles. The molecule has 0 saturated heterocycles. The first-order valence-corrected chi connectivity index (χ1v) is 8.77. The Hall–Kier alpha value is -1.36. The Labute approximate surface area is 146 Å². The molecule has 0 bridgehead atoms. The third-order valence-corrected chi connectivity index (χ3v) is 4.81. The summed E-state index contributed by atoms with van der Waals surface area (Å²) in [6.07, 6.45) is 0. The van der Waals surface area contributed by atoms with Crippen molar-refractivity contribution in [3.63, 3.8) is 0 Å². The molecule has 0 aliphatic heterocycles. The first kappa shape index (κ1) is 15.5. The predicted octanol–water partition coefficient (Wildman–Crippen LogP) is 6.11. The molecule has 0 radical (unpaired) electrons. The highest BCUT2D eigenvalue weighted by Crippen LogP contribution is 2.33. The van der Waals surface area contributed by atoms with E-state index in [1.54, 1.807) is 11.3 Å². The summed E-state index contributed by atoms with van der Waals surface area (Å²) in [6.45, 7) is 2.38. The molecule has 0 aliphatic rings. The second-order valence-corrected chi connectivity index (χ2v) is 7.01. The smallest absolute Gasteiger partial charge is 0.141 e. The van der Waals surface area contributed by atoms with E-state index >= 15 is 0 Å². The molecule has 1 aromatic heterocycles. The van der Waals surface area contributed by atoms with Gasteiger partial charge >= 0.3 is 0 Å². The van der Waals surface area contributed by atoms with Crippen molar-refractivity contribution in [3.8, 4) is 16.3 Å². The molecule has 2 aromatic carbocycles. The van der Waals surface area contributed by atoms with E-state index in [1.807, 2.05) is 42.6 Å². The Morgan fingerprint density at radius 3 is 2.73 bits per heavy atom. The van der Waals surface area contributed by atoms with E-state index in [4.69, 9.17) is 16.3 Å². The molecular formula is C17H13BrClNOS. The number of hydrogen-bond acceptors (Lipinski definition) is 3. The van der Waals surface area contributed by atoms with Crippen LogP contribution in [0.15, 0.2) is 52.3 Å².